The van der Waals surface area contributed by atoms with Crippen molar-refractivity contribution in [3.05, 3.63) is 71.0 Å². The number of benzene rings is 2. The first-order valence-electron chi connectivity index (χ1n) is 11.1. The zero-order valence-electron chi connectivity index (χ0n) is 19.4. The van der Waals surface area contributed by atoms with Crippen LogP contribution in [0.5, 0.6) is 0 Å². The Labute approximate surface area is 199 Å². The lowest BCUT2D eigenvalue weighted by molar-refractivity contribution is -0.137. The fraction of sp³-hybridized carbons (Fsp3) is 0.280. The molecule has 0 unspecified atom stereocenters. The van der Waals surface area contributed by atoms with Gasteiger partial charge in [0.1, 0.15) is 11.3 Å². The molecule has 4 rings (SSSR count). The summed E-state index contributed by atoms with van der Waals surface area (Å²) >= 11 is 0. The fourth-order valence-electron chi connectivity index (χ4n) is 3.71. The van der Waals surface area contributed by atoms with Crippen molar-refractivity contribution in [2.24, 2.45) is 0 Å². The van der Waals surface area contributed by atoms with Gasteiger partial charge in [0.2, 0.25) is 5.82 Å². The number of anilines is 1. The molecule has 1 atom stereocenters. The molecule has 0 saturated heterocycles. The second kappa shape index (κ2) is 9.36. The molecule has 2 heterocycles. The maximum absolute atomic E-state index is 13.1. The first kappa shape index (κ1) is 24.2. The second-order valence-electron chi connectivity index (χ2n) is 8.41. The number of nitrogens with zero attached hydrogens (tertiary/aromatic N) is 4. The molecule has 10 heteroatoms. The topological polar surface area (TPSA) is 92.9 Å². The van der Waals surface area contributed by atoms with Gasteiger partial charge >= 0.3 is 12.1 Å². The predicted octanol–water partition coefficient (Wildman–Crippen LogP) is 5.78. The van der Waals surface area contributed by atoms with Crippen molar-refractivity contribution in [3.8, 4) is 11.4 Å². The summed E-state index contributed by atoms with van der Waals surface area (Å²) in [7, 11) is 0. The summed E-state index contributed by atoms with van der Waals surface area (Å²) in [6.45, 7) is 6.03. The van der Waals surface area contributed by atoms with Crippen LogP contribution < -0.4 is 5.32 Å². The minimum atomic E-state index is -4.43. The molecule has 4 aromatic rings. The summed E-state index contributed by atoms with van der Waals surface area (Å²) in [5.41, 5.74) is 2.30. The van der Waals surface area contributed by atoms with E-state index in [0.717, 1.165) is 29.7 Å². The molecule has 0 fully saturated rings. The Balaban J connectivity index is 1.94. The number of aromatic nitrogens is 4. The van der Waals surface area contributed by atoms with Crippen LogP contribution in [-0.4, -0.2) is 36.6 Å². The minimum Gasteiger partial charge on any atom is -0.475 e. The summed E-state index contributed by atoms with van der Waals surface area (Å²) in [6, 6.07) is 12.5. The van der Waals surface area contributed by atoms with Gasteiger partial charge in [0, 0.05) is 18.2 Å². The molecule has 0 amide bonds. The lowest BCUT2D eigenvalue weighted by Gasteiger charge is -2.16. The van der Waals surface area contributed by atoms with Gasteiger partial charge in [-0.25, -0.2) is 19.7 Å². The van der Waals surface area contributed by atoms with E-state index in [9.17, 15) is 23.1 Å². The van der Waals surface area contributed by atoms with Gasteiger partial charge in [0.15, 0.2) is 11.5 Å². The van der Waals surface area contributed by atoms with Gasteiger partial charge in [-0.2, -0.15) is 13.2 Å². The summed E-state index contributed by atoms with van der Waals surface area (Å²) in [5, 5.41) is 12.8. The maximum Gasteiger partial charge on any atom is 0.416 e. The molecular weight excluding hydrogens is 459 g/mol. The van der Waals surface area contributed by atoms with E-state index in [4.69, 9.17) is 0 Å². The Morgan fingerprint density at radius 2 is 1.83 bits per heavy atom. The maximum atomic E-state index is 13.1. The molecule has 0 radical (unpaired) electrons. The molecule has 2 aromatic heterocycles. The highest BCUT2D eigenvalue weighted by molar-refractivity contribution is 5.92. The highest BCUT2D eigenvalue weighted by atomic mass is 19.4. The van der Waals surface area contributed by atoms with Crippen molar-refractivity contribution < 1.29 is 23.1 Å². The van der Waals surface area contributed by atoms with Gasteiger partial charge in [-0.1, -0.05) is 42.8 Å². The number of carboxylic acids is 1. The van der Waals surface area contributed by atoms with E-state index in [1.54, 1.807) is 0 Å². The number of carbonyl (C=O) groups is 1. The average molecular weight is 483 g/mol. The Morgan fingerprint density at radius 3 is 2.43 bits per heavy atom. The summed E-state index contributed by atoms with van der Waals surface area (Å²) < 4.78 is 41.0. The van der Waals surface area contributed by atoms with Crippen LogP contribution in [-0.2, 0) is 12.7 Å². The number of rotatable bonds is 7. The van der Waals surface area contributed by atoms with Crippen molar-refractivity contribution in [2.75, 3.05) is 5.32 Å². The third kappa shape index (κ3) is 5.11. The molecule has 0 spiro atoms. The Hall–Kier alpha value is -3.95. The lowest BCUT2D eigenvalue weighted by Crippen LogP contribution is -2.18. The van der Waals surface area contributed by atoms with Crippen molar-refractivity contribution in [3.63, 3.8) is 0 Å². The van der Waals surface area contributed by atoms with Gasteiger partial charge in [0.05, 0.1) is 5.56 Å². The number of imidazole rings is 1. The molecule has 0 aliphatic carbocycles. The van der Waals surface area contributed by atoms with Crippen LogP contribution >= 0.6 is 0 Å². The standard InChI is InChI=1S/C25H24F3N5O2/c1-4-15(3)29-20-19-21(31-22(30-20)24(34)35)32-23(17-7-5-6-14(2)12-17)33(19)13-16-8-10-18(11-9-16)25(26,27)28/h5-12,15H,4,13H2,1-3H3,(H,34,35)(H,29,30,31)/t15-/m0/s1. The molecular formula is C25H24F3N5O2. The van der Waals surface area contributed by atoms with Gasteiger partial charge in [-0.15, -0.1) is 0 Å². The lowest BCUT2D eigenvalue weighted by atomic mass is 10.1. The van der Waals surface area contributed by atoms with Gasteiger partial charge < -0.3 is 15.0 Å². The largest absolute Gasteiger partial charge is 0.475 e. The van der Waals surface area contributed by atoms with E-state index >= 15 is 0 Å². The predicted molar refractivity (Wildman–Crippen MR) is 126 cm³/mol. The van der Waals surface area contributed by atoms with E-state index in [-0.39, 0.29) is 18.2 Å². The normalized spacial score (nSPS) is 12.6. The first-order chi connectivity index (χ1) is 16.6. The Bertz CT molecular complexity index is 1380. The number of alkyl halides is 3. The number of hydrogen-bond donors (Lipinski definition) is 2. The number of hydrogen-bond acceptors (Lipinski definition) is 5. The molecule has 35 heavy (non-hydrogen) atoms. The molecule has 0 saturated carbocycles. The van der Waals surface area contributed by atoms with Crippen LogP contribution in [0.2, 0.25) is 0 Å². The quantitative estimate of drug-likeness (QED) is 0.346. The summed E-state index contributed by atoms with van der Waals surface area (Å²) in [5.74, 6) is -0.862. The van der Waals surface area contributed by atoms with Gasteiger partial charge in [-0.05, 0) is 44.0 Å². The number of fused-ring (bicyclic) bond motifs is 1. The van der Waals surface area contributed by atoms with Crippen molar-refractivity contribution >= 4 is 23.0 Å². The zero-order chi connectivity index (χ0) is 25.3. The molecule has 7 nitrogen and oxygen atoms in total. The van der Waals surface area contributed by atoms with E-state index in [0.29, 0.717) is 22.7 Å². The number of halogens is 3. The SMILES string of the molecule is CC[C@H](C)Nc1nc(C(=O)O)nc2nc(-c3cccc(C)c3)n(Cc3ccc(C(F)(F)F)cc3)c12. The van der Waals surface area contributed by atoms with E-state index in [1.165, 1.54) is 12.1 Å². The molecule has 2 N–H and O–H groups in total. The second-order valence-corrected chi connectivity index (χ2v) is 8.41. The van der Waals surface area contributed by atoms with Gasteiger partial charge in [0.25, 0.3) is 0 Å². The van der Waals surface area contributed by atoms with E-state index < -0.39 is 23.5 Å². The third-order valence-electron chi connectivity index (χ3n) is 5.69. The summed E-state index contributed by atoms with van der Waals surface area (Å²) in [6.07, 6.45) is -3.67. The monoisotopic (exact) mass is 483 g/mol. The molecule has 0 aliphatic heterocycles. The van der Waals surface area contributed by atoms with Crippen LogP contribution in [0.3, 0.4) is 0 Å². The van der Waals surface area contributed by atoms with Crippen LogP contribution in [0, 0.1) is 6.92 Å². The van der Waals surface area contributed by atoms with E-state index in [2.05, 4.69) is 20.3 Å². The highest BCUT2D eigenvalue weighted by Gasteiger charge is 2.30. The van der Waals surface area contributed by atoms with Crippen LogP contribution in [0.1, 0.15) is 47.6 Å². The van der Waals surface area contributed by atoms with Crippen molar-refractivity contribution in [2.45, 2.75) is 46.0 Å². The average Bonchev–Trinajstić information content (AvgIpc) is 3.17. The molecule has 0 aliphatic rings. The zero-order valence-corrected chi connectivity index (χ0v) is 19.4. The number of carboxylic acid groups (broad SMARTS) is 1. The number of aromatic carboxylic acids is 1. The number of aryl methyl sites for hydroxylation is 1. The highest BCUT2D eigenvalue weighted by Crippen LogP contribution is 2.32. The van der Waals surface area contributed by atoms with Crippen LogP contribution in [0.4, 0.5) is 19.0 Å². The van der Waals surface area contributed by atoms with E-state index in [1.807, 2.05) is 49.6 Å². The smallest absolute Gasteiger partial charge is 0.416 e. The summed E-state index contributed by atoms with van der Waals surface area (Å²) in [4.78, 5) is 24.7. The molecule has 182 valence electrons. The van der Waals surface area contributed by atoms with Crippen LogP contribution in [0.15, 0.2) is 48.5 Å². The van der Waals surface area contributed by atoms with Crippen molar-refractivity contribution in [1.29, 1.82) is 0 Å². The minimum absolute atomic E-state index is 0.0217. The first-order valence-corrected chi connectivity index (χ1v) is 11.1. The third-order valence-corrected chi connectivity index (χ3v) is 5.69. The van der Waals surface area contributed by atoms with Gasteiger partial charge in [-0.3, -0.25) is 0 Å². The Kier molecular flexibility index (Phi) is 6.47. The molecule has 0 bridgehead atoms. The fourth-order valence-corrected chi connectivity index (χ4v) is 3.71. The van der Waals surface area contributed by atoms with Crippen molar-refractivity contribution in [1.82, 2.24) is 19.5 Å². The van der Waals surface area contributed by atoms with Crippen LogP contribution in [0.25, 0.3) is 22.6 Å². The molecule has 2 aromatic carbocycles. The Morgan fingerprint density at radius 1 is 1.11 bits per heavy atom. The number of nitrogens with one attached hydrogen (secondary N) is 1.